The van der Waals surface area contributed by atoms with Crippen LogP contribution in [0.3, 0.4) is 0 Å². The summed E-state index contributed by atoms with van der Waals surface area (Å²) in [5, 5.41) is 2.92. The largest absolute Gasteiger partial charge is 0.350 e. The molecule has 3 heterocycles. The summed E-state index contributed by atoms with van der Waals surface area (Å²) in [5.41, 5.74) is 2.80. The molecule has 0 spiro atoms. The van der Waals surface area contributed by atoms with Crippen molar-refractivity contribution in [2.45, 2.75) is 26.1 Å². The molecule has 3 aromatic rings. The van der Waals surface area contributed by atoms with Gasteiger partial charge in [0.25, 0.3) is 0 Å². The van der Waals surface area contributed by atoms with Gasteiger partial charge in [-0.25, -0.2) is 0 Å². The fourth-order valence-electron chi connectivity index (χ4n) is 2.70. The fourth-order valence-corrected chi connectivity index (χ4v) is 2.70. The van der Waals surface area contributed by atoms with Gasteiger partial charge in [-0.15, -0.1) is 0 Å². The lowest BCUT2D eigenvalue weighted by Crippen LogP contribution is -2.30. The number of aromatic nitrogens is 3. The lowest BCUT2D eigenvalue weighted by Gasteiger charge is -2.21. The highest BCUT2D eigenvalue weighted by atomic mass is 16.1. The molecule has 0 aromatic carbocycles. The molecule has 1 N–H and O–H groups in total. The second-order valence-corrected chi connectivity index (χ2v) is 6.20. The van der Waals surface area contributed by atoms with Gasteiger partial charge in [-0.2, -0.15) is 0 Å². The van der Waals surface area contributed by atoms with Crippen molar-refractivity contribution in [3.8, 4) is 0 Å². The first kappa shape index (κ1) is 18.7. The molecule has 138 valence electrons. The maximum Gasteiger partial charge on any atom is 0.221 e. The zero-order valence-electron chi connectivity index (χ0n) is 15.2. The number of carbonyl (C=O) groups excluding carboxylic acids is 1. The molecule has 0 aliphatic rings. The number of pyridine rings is 3. The molecule has 0 saturated heterocycles. The van der Waals surface area contributed by atoms with Crippen LogP contribution in [0, 0.1) is 0 Å². The van der Waals surface area contributed by atoms with Crippen LogP contribution in [0.15, 0.2) is 73.2 Å². The van der Waals surface area contributed by atoms with Gasteiger partial charge in [0.15, 0.2) is 0 Å². The molecule has 0 atom stereocenters. The van der Waals surface area contributed by atoms with E-state index in [1.165, 1.54) is 0 Å². The van der Waals surface area contributed by atoms with E-state index < -0.39 is 0 Å². The van der Waals surface area contributed by atoms with Gasteiger partial charge in [0.1, 0.15) is 0 Å². The smallest absolute Gasteiger partial charge is 0.221 e. The Kier molecular flexibility index (Phi) is 7.00. The summed E-state index contributed by atoms with van der Waals surface area (Å²) < 4.78 is 0. The Morgan fingerprint density at radius 3 is 1.78 bits per heavy atom. The topological polar surface area (TPSA) is 71.0 Å². The van der Waals surface area contributed by atoms with Crippen molar-refractivity contribution in [1.82, 2.24) is 25.2 Å². The summed E-state index contributed by atoms with van der Waals surface area (Å²) in [6, 6.07) is 17.4. The van der Waals surface area contributed by atoms with E-state index in [0.717, 1.165) is 17.1 Å². The predicted octanol–water partition coefficient (Wildman–Crippen LogP) is 2.58. The quantitative estimate of drug-likeness (QED) is 0.634. The molecule has 3 rings (SSSR count). The minimum absolute atomic E-state index is 0.00712. The van der Waals surface area contributed by atoms with E-state index in [1.807, 2.05) is 54.6 Å². The number of rotatable bonds is 9. The molecular weight excluding hydrogens is 338 g/mol. The molecule has 6 nitrogen and oxygen atoms in total. The monoisotopic (exact) mass is 361 g/mol. The van der Waals surface area contributed by atoms with Crippen LogP contribution in [0.2, 0.25) is 0 Å². The third-order valence-corrected chi connectivity index (χ3v) is 4.07. The van der Waals surface area contributed by atoms with Crippen LogP contribution in [0.1, 0.15) is 23.5 Å². The van der Waals surface area contributed by atoms with Gasteiger partial charge < -0.3 is 5.32 Å². The van der Waals surface area contributed by atoms with Gasteiger partial charge in [-0.05, 0) is 36.4 Å². The highest BCUT2D eigenvalue weighted by molar-refractivity contribution is 5.76. The molecule has 0 radical (unpaired) electrons. The predicted molar refractivity (Wildman–Crippen MR) is 103 cm³/mol. The third kappa shape index (κ3) is 6.60. The molecule has 27 heavy (non-hydrogen) atoms. The van der Waals surface area contributed by atoms with Gasteiger partial charge in [-0.1, -0.05) is 18.2 Å². The molecule has 1 amide bonds. The van der Waals surface area contributed by atoms with Gasteiger partial charge in [0.2, 0.25) is 5.91 Å². The van der Waals surface area contributed by atoms with Crippen LogP contribution in [0.4, 0.5) is 0 Å². The number of hydrogen-bond donors (Lipinski definition) is 1. The first-order chi connectivity index (χ1) is 13.3. The van der Waals surface area contributed by atoms with E-state index in [4.69, 9.17) is 0 Å². The van der Waals surface area contributed by atoms with E-state index in [9.17, 15) is 4.79 Å². The first-order valence-corrected chi connectivity index (χ1v) is 8.98. The van der Waals surface area contributed by atoms with Crippen LogP contribution in [-0.4, -0.2) is 32.3 Å². The molecule has 0 unspecified atom stereocenters. The van der Waals surface area contributed by atoms with E-state index >= 15 is 0 Å². The number of nitrogens with zero attached hydrogens (tertiary/aromatic N) is 4. The summed E-state index contributed by atoms with van der Waals surface area (Å²) in [7, 11) is 0. The van der Waals surface area contributed by atoms with Crippen LogP contribution >= 0.6 is 0 Å². The van der Waals surface area contributed by atoms with E-state index in [0.29, 0.717) is 32.6 Å². The minimum Gasteiger partial charge on any atom is -0.350 e. The average molecular weight is 361 g/mol. The first-order valence-electron chi connectivity index (χ1n) is 8.98. The Balaban J connectivity index is 1.54. The maximum absolute atomic E-state index is 12.2. The fraction of sp³-hybridized carbons (Fsp3) is 0.238. The zero-order chi connectivity index (χ0) is 18.7. The molecule has 0 aliphatic heterocycles. The average Bonchev–Trinajstić information content (AvgIpc) is 2.73. The van der Waals surface area contributed by atoms with Crippen molar-refractivity contribution >= 4 is 5.91 Å². The van der Waals surface area contributed by atoms with Crippen LogP contribution < -0.4 is 5.32 Å². The summed E-state index contributed by atoms with van der Waals surface area (Å²) in [6.45, 7) is 2.41. The number of amides is 1. The second kappa shape index (κ2) is 10.1. The molecular formula is C21H23N5O. The molecule has 0 saturated carbocycles. The van der Waals surface area contributed by atoms with E-state index in [2.05, 4.69) is 25.2 Å². The van der Waals surface area contributed by atoms with Crippen LogP contribution in [0.25, 0.3) is 0 Å². The lowest BCUT2D eigenvalue weighted by molar-refractivity contribution is -0.121. The van der Waals surface area contributed by atoms with E-state index in [-0.39, 0.29) is 5.91 Å². The molecule has 0 aliphatic carbocycles. The maximum atomic E-state index is 12.2. The lowest BCUT2D eigenvalue weighted by atomic mass is 10.2. The molecule has 6 heteroatoms. The summed E-state index contributed by atoms with van der Waals surface area (Å²) in [4.78, 5) is 27.4. The summed E-state index contributed by atoms with van der Waals surface area (Å²) in [6.07, 6.45) is 5.71. The highest BCUT2D eigenvalue weighted by Gasteiger charge is 2.11. The Hall–Kier alpha value is -3.12. The Bertz CT molecular complexity index is 770. The van der Waals surface area contributed by atoms with Crippen LogP contribution in [-0.2, 0) is 24.4 Å². The Labute approximate surface area is 159 Å². The number of carbonyl (C=O) groups is 1. The number of hydrogen-bond acceptors (Lipinski definition) is 5. The van der Waals surface area contributed by atoms with Crippen molar-refractivity contribution in [3.63, 3.8) is 0 Å². The van der Waals surface area contributed by atoms with Crippen molar-refractivity contribution in [3.05, 3.63) is 90.3 Å². The Morgan fingerprint density at radius 1 is 0.778 bits per heavy atom. The summed E-state index contributed by atoms with van der Waals surface area (Å²) in [5.74, 6) is 0.00712. The van der Waals surface area contributed by atoms with Crippen molar-refractivity contribution < 1.29 is 4.79 Å². The van der Waals surface area contributed by atoms with Gasteiger partial charge in [0.05, 0.1) is 23.6 Å². The third-order valence-electron chi connectivity index (χ3n) is 4.07. The highest BCUT2D eigenvalue weighted by Crippen LogP contribution is 2.07. The molecule has 0 bridgehead atoms. The standard InChI is InChI=1S/C21H23N5O/c27-21(25-15-18-7-1-4-11-22-18)10-14-26(16-19-8-2-5-12-23-19)17-20-9-3-6-13-24-20/h1-9,11-13H,10,14-17H2,(H,25,27). The van der Waals surface area contributed by atoms with Gasteiger partial charge in [-0.3, -0.25) is 24.6 Å². The van der Waals surface area contributed by atoms with Crippen molar-refractivity contribution in [2.24, 2.45) is 0 Å². The van der Waals surface area contributed by atoms with Crippen LogP contribution in [0.5, 0.6) is 0 Å². The van der Waals surface area contributed by atoms with Crippen molar-refractivity contribution in [1.29, 1.82) is 0 Å². The van der Waals surface area contributed by atoms with Gasteiger partial charge >= 0.3 is 0 Å². The SMILES string of the molecule is O=C(CCN(Cc1ccccn1)Cc1ccccn1)NCc1ccccn1. The van der Waals surface area contributed by atoms with Gasteiger partial charge in [0, 0.05) is 44.6 Å². The Morgan fingerprint density at radius 2 is 1.30 bits per heavy atom. The molecule has 0 fully saturated rings. The zero-order valence-corrected chi connectivity index (χ0v) is 15.2. The second-order valence-electron chi connectivity index (χ2n) is 6.20. The number of nitrogens with one attached hydrogen (secondary N) is 1. The molecule has 3 aromatic heterocycles. The van der Waals surface area contributed by atoms with Crippen molar-refractivity contribution in [2.75, 3.05) is 6.54 Å². The summed E-state index contributed by atoms with van der Waals surface area (Å²) >= 11 is 0. The normalized spacial score (nSPS) is 10.7. The van der Waals surface area contributed by atoms with E-state index in [1.54, 1.807) is 18.6 Å². The minimum atomic E-state index is 0.00712.